The van der Waals surface area contributed by atoms with Crippen LogP contribution in [0, 0.1) is 0 Å². The van der Waals surface area contributed by atoms with E-state index in [1.54, 1.807) is 0 Å². The van der Waals surface area contributed by atoms with Crippen molar-refractivity contribution in [3.8, 4) is 0 Å². The van der Waals surface area contributed by atoms with Gasteiger partial charge in [0, 0.05) is 24.5 Å². The van der Waals surface area contributed by atoms with Gasteiger partial charge in [-0.05, 0) is 0 Å². The summed E-state index contributed by atoms with van der Waals surface area (Å²) in [6, 6.07) is 0. The van der Waals surface area contributed by atoms with Crippen LogP contribution in [0.15, 0.2) is 0 Å². The first-order chi connectivity index (χ1) is 4.83. The minimum absolute atomic E-state index is 0. The average molecular weight is 242 g/mol. The predicted octanol–water partition coefficient (Wildman–Crippen LogP) is -2.12. The molecule has 78 valence electrons. The minimum atomic E-state index is -1.42. The van der Waals surface area contributed by atoms with E-state index in [-0.39, 0.29) is 28.3 Å². The average Bonchev–Trinajstić information content (AvgIpc) is 1.99. The third-order valence-corrected chi connectivity index (χ3v) is 0. The zero-order valence-corrected chi connectivity index (χ0v) is 11.3. The van der Waals surface area contributed by atoms with Gasteiger partial charge in [0.2, 0.25) is 0 Å². The summed E-state index contributed by atoms with van der Waals surface area (Å²) in [7, 11) is -0.417. The fraction of sp³-hybridized carbons (Fsp3) is 1.00. The SMILES string of the molecule is CCC.CO.O.O.O=[Si]=O.[Al].[O]=[Al]. The van der Waals surface area contributed by atoms with E-state index in [4.69, 9.17) is 17.8 Å². The van der Waals surface area contributed by atoms with Crippen molar-refractivity contribution in [2.75, 3.05) is 7.11 Å². The van der Waals surface area contributed by atoms with Crippen molar-refractivity contribution in [2.45, 2.75) is 20.3 Å². The number of rotatable bonds is 0. The second-order valence-corrected chi connectivity index (χ2v) is 0.957. The van der Waals surface area contributed by atoms with Gasteiger partial charge in [-0.1, -0.05) is 20.3 Å². The van der Waals surface area contributed by atoms with E-state index in [0.717, 1.165) is 7.11 Å². The Hall–Kier alpha value is 0.562. The van der Waals surface area contributed by atoms with Crippen LogP contribution in [0.5, 0.6) is 0 Å². The predicted molar refractivity (Wildman–Crippen MR) is 50.7 cm³/mol. The summed E-state index contributed by atoms with van der Waals surface area (Å²) >= 11 is 1.17. The van der Waals surface area contributed by atoms with E-state index in [0.29, 0.717) is 0 Å². The quantitative estimate of drug-likeness (QED) is 0.485. The normalized spacial score (nSPS) is 2.69. The van der Waals surface area contributed by atoms with Gasteiger partial charge in [0.1, 0.15) is 0 Å². The molecule has 6 nitrogen and oxygen atoms in total. The summed E-state index contributed by atoms with van der Waals surface area (Å²) in [5.41, 5.74) is 0. The summed E-state index contributed by atoms with van der Waals surface area (Å²) in [6.07, 6.45) is 1.25. The number of aliphatic hydroxyl groups excluding tert-OH is 1. The van der Waals surface area contributed by atoms with Gasteiger partial charge in [-0.15, -0.1) is 0 Å². The number of hydrogen-bond acceptors (Lipinski definition) is 4. The van der Waals surface area contributed by atoms with Crippen molar-refractivity contribution in [2.24, 2.45) is 0 Å². The zero-order chi connectivity index (χ0) is 9.41. The van der Waals surface area contributed by atoms with Crippen LogP contribution in [0.4, 0.5) is 0 Å². The van der Waals surface area contributed by atoms with Gasteiger partial charge in [0.25, 0.3) is 0 Å². The van der Waals surface area contributed by atoms with Gasteiger partial charge in [-0.3, -0.25) is 8.92 Å². The molecule has 0 aliphatic heterocycles. The molecule has 0 saturated heterocycles. The number of aliphatic hydroxyl groups is 1. The molecule has 0 atom stereocenters. The van der Waals surface area contributed by atoms with Crippen LogP contribution < -0.4 is 0 Å². The molecule has 0 bridgehead atoms. The molecule has 0 amide bonds. The van der Waals surface area contributed by atoms with Crippen LogP contribution >= 0.6 is 0 Å². The van der Waals surface area contributed by atoms with Crippen molar-refractivity contribution in [1.82, 2.24) is 0 Å². The molecule has 9 heteroatoms. The Morgan fingerprint density at radius 2 is 1.08 bits per heavy atom. The summed E-state index contributed by atoms with van der Waals surface area (Å²) in [4.78, 5) is 0. The molecule has 0 heterocycles. The van der Waals surface area contributed by atoms with E-state index in [1.165, 1.54) is 22.6 Å². The van der Waals surface area contributed by atoms with E-state index >= 15 is 0 Å². The van der Waals surface area contributed by atoms with Gasteiger partial charge < -0.3 is 16.1 Å². The first-order valence-electron chi connectivity index (χ1n) is 2.51. The van der Waals surface area contributed by atoms with Crippen LogP contribution in [-0.2, 0) is 12.7 Å². The molecule has 13 heavy (non-hydrogen) atoms. The molecule has 0 rings (SSSR count). The molecule has 0 aromatic carbocycles. The molecular weight excluding hydrogens is 226 g/mol. The third kappa shape index (κ3) is 4440. The fourth-order valence-electron chi connectivity index (χ4n) is 0. The van der Waals surface area contributed by atoms with Crippen molar-refractivity contribution in [3.05, 3.63) is 0 Å². The van der Waals surface area contributed by atoms with E-state index in [9.17, 15) is 0 Å². The second-order valence-electron chi connectivity index (χ2n) is 0.790. The van der Waals surface area contributed by atoms with Gasteiger partial charge >= 0.3 is 29.3 Å². The van der Waals surface area contributed by atoms with Gasteiger partial charge in [0.05, 0.1) is 0 Å². The Kier molecular flexibility index (Phi) is 978. The molecule has 0 aliphatic carbocycles. The monoisotopic (exact) mass is 242 g/mol. The number of hydrogen-bond donors (Lipinski definition) is 1. The maximum absolute atomic E-state index is 8.40. The molecule has 0 aliphatic rings. The topological polar surface area (TPSA) is 134 Å². The maximum atomic E-state index is 8.40. The molecule has 0 unspecified atom stereocenters. The summed E-state index contributed by atoms with van der Waals surface area (Å²) in [5, 5.41) is 7.00. The Morgan fingerprint density at radius 3 is 1.08 bits per heavy atom. The Balaban J connectivity index is -0.00000000698. The Bertz CT molecular complexity index is 60.6. The molecule has 5 N–H and O–H groups in total. The van der Waals surface area contributed by atoms with Gasteiger partial charge in [-0.2, -0.15) is 0 Å². The van der Waals surface area contributed by atoms with E-state index in [1.807, 2.05) is 0 Å². The van der Waals surface area contributed by atoms with Crippen LogP contribution in [0.1, 0.15) is 20.3 Å². The first-order valence-corrected chi connectivity index (χ1v) is 3.79. The van der Waals surface area contributed by atoms with Crippen molar-refractivity contribution in [1.29, 1.82) is 0 Å². The molecule has 0 aromatic heterocycles. The fourth-order valence-corrected chi connectivity index (χ4v) is 0. The first kappa shape index (κ1) is 49.7. The van der Waals surface area contributed by atoms with Gasteiger partial charge in [-0.25, -0.2) is 0 Å². The molecule has 0 fully saturated rings. The van der Waals surface area contributed by atoms with Gasteiger partial charge in [0.15, 0.2) is 0 Å². The Labute approximate surface area is 99.0 Å². The summed E-state index contributed by atoms with van der Waals surface area (Å²) in [6.45, 7) is 4.25. The molecule has 0 saturated carbocycles. The zero-order valence-electron chi connectivity index (χ0n) is 8.03. The van der Waals surface area contributed by atoms with Crippen LogP contribution in [0.2, 0.25) is 0 Å². The van der Waals surface area contributed by atoms with E-state index < -0.39 is 9.29 Å². The van der Waals surface area contributed by atoms with E-state index in [2.05, 4.69) is 13.8 Å². The van der Waals surface area contributed by atoms with Crippen LogP contribution in [0.25, 0.3) is 0 Å². The second kappa shape index (κ2) is 256. The molecule has 0 spiro atoms. The Morgan fingerprint density at radius 1 is 1.08 bits per heavy atom. The standard InChI is InChI=1S/C3H8.CH4O.2Al.O2Si.2H2O.O/c1-3-2;1-2;;;1-3-2;;;/h3H2,1-2H3;2H,1H3;;;;2*1H2;. The van der Waals surface area contributed by atoms with Crippen LogP contribution in [0.3, 0.4) is 0 Å². The molecule has 0 aromatic rings. The van der Waals surface area contributed by atoms with Crippen molar-refractivity contribution >= 4 is 42.9 Å². The van der Waals surface area contributed by atoms with Crippen molar-refractivity contribution in [3.63, 3.8) is 0 Å². The third-order valence-electron chi connectivity index (χ3n) is 0. The van der Waals surface area contributed by atoms with Crippen molar-refractivity contribution < 1.29 is 28.8 Å². The summed E-state index contributed by atoms with van der Waals surface area (Å²) < 4.78 is 25.0. The van der Waals surface area contributed by atoms with Crippen LogP contribution in [-0.4, -0.2) is 66.0 Å². The molecule has 4 radical (unpaired) electrons. The molecular formula is C4H16Al2O6Si. The summed E-state index contributed by atoms with van der Waals surface area (Å²) in [5.74, 6) is 0.